The lowest BCUT2D eigenvalue weighted by atomic mass is 10.0. The molecule has 0 amide bonds. The van der Waals surface area contributed by atoms with Crippen molar-refractivity contribution in [3.8, 4) is 0 Å². The molecule has 1 aliphatic heterocycles. The van der Waals surface area contributed by atoms with Gasteiger partial charge in [-0.05, 0) is 45.2 Å². The summed E-state index contributed by atoms with van der Waals surface area (Å²) in [5, 5.41) is 3.72. The fraction of sp³-hybridized carbons (Fsp3) is 1.00. The topological polar surface area (TPSA) is 24.5 Å². The Kier molecular flexibility index (Phi) is 5.26. The van der Waals surface area contributed by atoms with E-state index in [-0.39, 0.29) is 0 Å². The average Bonchev–Trinajstić information content (AvgIpc) is 3.18. The molecule has 2 unspecified atom stereocenters. The van der Waals surface area contributed by atoms with E-state index in [1.54, 1.807) is 0 Å². The molecule has 0 spiro atoms. The SMILES string of the molecule is CCCNC1CCOCC1N(CCC)C1CC1. The van der Waals surface area contributed by atoms with E-state index in [0.717, 1.165) is 25.8 Å². The molecule has 0 radical (unpaired) electrons. The van der Waals surface area contributed by atoms with Crippen molar-refractivity contribution in [2.24, 2.45) is 0 Å². The third-order valence-electron chi connectivity index (χ3n) is 3.91. The Labute approximate surface area is 106 Å². The van der Waals surface area contributed by atoms with Gasteiger partial charge in [-0.3, -0.25) is 4.90 Å². The first-order valence-electron chi connectivity index (χ1n) is 7.43. The lowest BCUT2D eigenvalue weighted by Gasteiger charge is -2.40. The largest absolute Gasteiger partial charge is 0.380 e. The van der Waals surface area contributed by atoms with Gasteiger partial charge >= 0.3 is 0 Å². The Morgan fingerprint density at radius 1 is 1.18 bits per heavy atom. The highest BCUT2D eigenvalue weighted by atomic mass is 16.5. The zero-order valence-corrected chi connectivity index (χ0v) is 11.5. The van der Waals surface area contributed by atoms with Gasteiger partial charge in [0, 0.05) is 24.7 Å². The predicted octanol–water partition coefficient (Wildman–Crippen LogP) is 2.02. The Bertz CT molecular complexity index is 218. The van der Waals surface area contributed by atoms with Crippen LogP contribution in [0.25, 0.3) is 0 Å². The zero-order valence-electron chi connectivity index (χ0n) is 11.5. The van der Waals surface area contributed by atoms with Crippen molar-refractivity contribution in [2.75, 3.05) is 26.3 Å². The summed E-state index contributed by atoms with van der Waals surface area (Å²) < 4.78 is 5.72. The van der Waals surface area contributed by atoms with Crippen molar-refractivity contribution in [3.63, 3.8) is 0 Å². The smallest absolute Gasteiger partial charge is 0.0637 e. The second kappa shape index (κ2) is 6.72. The third-order valence-corrected chi connectivity index (χ3v) is 3.91. The summed E-state index contributed by atoms with van der Waals surface area (Å²) >= 11 is 0. The molecule has 1 saturated heterocycles. The highest BCUT2D eigenvalue weighted by molar-refractivity contribution is 4.94. The number of rotatable bonds is 7. The maximum atomic E-state index is 5.72. The van der Waals surface area contributed by atoms with E-state index in [0.29, 0.717) is 12.1 Å². The highest BCUT2D eigenvalue weighted by Gasteiger charge is 2.38. The Morgan fingerprint density at radius 2 is 2.00 bits per heavy atom. The van der Waals surface area contributed by atoms with Gasteiger partial charge in [0.15, 0.2) is 0 Å². The molecular weight excluding hydrogens is 212 g/mol. The molecule has 2 fully saturated rings. The number of ether oxygens (including phenoxy) is 1. The van der Waals surface area contributed by atoms with Crippen molar-refractivity contribution in [3.05, 3.63) is 0 Å². The maximum absolute atomic E-state index is 5.72. The zero-order chi connectivity index (χ0) is 12.1. The van der Waals surface area contributed by atoms with Gasteiger partial charge in [0.25, 0.3) is 0 Å². The van der Waals surface area contributed by atoms with Crippen LogP contribution in [-0.2, 0) is 4.74 Å². The molecule has 2 aliphatic rings. The molecule has 1 N–H and O–H groups in total. The summed E-state index contributed by atoms with van der Waals surface area (Å²) in [6.07, 6.45) is 6.46. The Balaban J connectivity index is 1.92. The van der Waals surface area contributed by atoms with Crippen molar-refractivity contribution >= 4 is 0 Å². The van der Waals surface area contributed by atoms with Crippen LogP contribution in [0.3, 0.4) is 0 Å². The van der Waals surface area contributed by atoms with E-state index in [9.17, 15) is 0 Å². The number of hydrogen-bond donors (Lipinski definition) is 1. The van der Waals surface area contributed by atoms with E-state index < -0.39 is 0 Å². The number of hydrogen-bond acceptors (Lipinski definition) is 3. The van der Waals surface area contributed by atoms with E-state index in [2.05, 4.69) is 24.1 Å². The monoisotopic (exact) mass is 240 g/mol. The van der Waals surface area contributed by atoms with Gasteiger partial charge in [-0.15, -0.1) is 0 Å². The minimum Gasteiger partial charge on any atom is -0.380 e. The Hall–Kier alpha value is -0.120. The molecule has 3 heteroatoms. The third kappa shape index (κ3) is 3.67. The molecule has 1 heterocycles. The first-order chi connectivity index (χ1) is 8.36. The average molecular weight is 240 g/mol. The van der Waals surface area contributed by atoms with Crippen LogP contribution in [0.1, 0.15) is 46.0 Å². The summed E-state index contributed by atoms with van der Waals surface area (Å²) in [6.45, 7) is 8.77. The Morgan fingerprint density at radius 3 is 2.65 bits per heavy atom. The van der Waals surface area contributed by atoms with Gasteiger partial charge in [-0.2, -0.15) is 0 Å². The van der Waals surface area contributed by atoms with Crippen molar-refractivity contribution in [1.29, 1.82) is 0 Å². The van der Waals surface area contributed by atoms with Crippen LogP contribution < -0.4 is 5.32 Å². The fourth-order valence-electron chi connectivity index (χ4n) is 2.90. The van der Waals surface area contributed by atoms with Gasteiger partial charge in [-0.25, -0.2) is 0 Å². The number of nitrogens with zero attached hydrogens (tertiary/aromatic N) is 1. The predicted molar refractivity (Wildman–Crippen MR) is 71.3 cm³/mol. The van der Waals surface area contributed by atoms with E-state index >= 15 is 0 Å². The van der Waals surface area contributed by atoms with Crippen LogP contribution in [0.2, 0.25) is 0 Å². The van der Waals surface area contributed by atoms with Crippen LogP contribution >= 0.6 is 0 Å². The van der Waals surface area contributed by atoms with E-state index in [4.69, 9.17) is 4.74 Å². The standard InChI is InChI=1S/C14H28N2O/c1-3-8-15-13-7-10-17-11-14(13)16(9-4-2)12-5-6-12/h12-15H,3-11H2,1-2H3. The normalized spacial score (nSPS) is 29.8. The fourth-order valence-corrected chi connectivity index (χ4v) is 2.90. The van der Waals surface area contributed by atoms with Crippen LogP contribution in [0.5, 0.6) is 0 Å². The van der Waals surface area contributed by atoms with Crippen molar-refractivity contribution in [1.82, 2.24) is 10.2 Å². The van der Waals surface area contributed by atoms with Crippen molar-refractivity contribution in [2.45, 2.75) is 64.1 Å². The van der Waals surface area contributed by atoms with Gasteiger partial charge in [-0.1, -0.05) is 13.8 Å². The van der Waals surface area contributed by atoms with Crippen molar-refractivity contribution < 1.29 is 4.74 Å². The summed E-state index contributed by atoms with van der Waals surface area (Å²) in [4.78, 5) is 2.71. The minimum atomic E-state index is 0.614. The molecule has 0 aromatic heterocycles. The molecule has 0 aromatic rings. The van der Waals surface area contributed by atoms with E-state index in [1.165, 1.54) is 38.6 Å². The van der Waals surface area contributed by atoms with E-state index in [1.807, 2.05) is 0 Å². The summed E-state index contributed by atoms with van der Waals surface area (Å²) in [6, 6.07) is 2.12. The molecule has 100 valence electrons. The van der Waals surface area contributed by atoms with Gasteiger partial charge in [0.05, 0.1) is 6.61 Å². The summed E-state index contributed by atoms with van der Waals surface area (Å²) in [5.74, 6) is 0. The van der Waals surface area contributed by atoms with Gasteiger partial charge < -0.3 is 10.1 Å². The number of nitrogens with one attached hydrogen (secondary N) is 1. The van der Waals surface area contributed by atoms with Gasteiger partial charge in [0.1, 0.15) is 0 Å². The quantitative estimate of drug-likeness (QED) is 0.737. The highest BCUT2D eigenvalue weighted by Crippen LogP contribution is 2.31. The minimum absolute atomic E-state index is 0.614. The second-order valence-corrected chi connectivity index (χ2v) is 5.46. The second-order valence-electron chi connectivity index (χ2n) is 5.46. The maximum Gasteiger partial charge on any atom is 0.0637 e. The van der Waals surface area contributed by atoms with Crippen LogP contribution in [-0.4, -0.2) is 49.3 Å². The molecule has 2 atom stereocenters. The summed E-state index contributed by atoms with van der Waals surface area (Å²) in [5.41, 5.74) is 0. The summed E-state index contributed by atoms with van der Waals surface area (Å²) in [7, 11) is 0. The molecule has 17 heavy (non-hydrogen) atoms. The molecular formula is C14H28N2O. The van der Waals surface area contributed by atoms with Crippen LogP contribution in [0.15, 0.2) is 0 Å². The van der Waals surface area contributed by atoms with Crippen LogP contribution in [0, 0.1) is 0 Å². The first-order valence-corrected chi connectivity index (χ1v) is 7.43. The van der Waals surface area contributed by atoms with Gasteiger partial charge in [0.2, 0.25) is 0 Å². The molecule has 0 bridgehead atoms. The first kappa shape index (κ1) is 13.3. The lowest BCUT2D eigenvalue weighted by molar-refractivity contribution is -0.00651. The molecule has 2 rings (SSSR count). The molecule has 1 aliphatic carbocycles. The lowest BCUT2D eigenvalue weighted by Crippen LogP contribution is -2.56. The molecule has 3 nitrogen and oxygen atoms in total. The molecule has 1 saturated carbocycles. The molecule has 0 aromatic carbocycles. The van der Waals surface area contributed by atoms with Crippen LogP contribution in [0.4, 0.5) is 0 Å².